The van der Waals surface area contributed by atoms with Crippen LogP contribution >= 0.6 is 11.6 Å². The summed E-state index contributed by atoms with van der Waals surface area (Å²) in [4.78, 5) is 0. The molecule has 2 aromatic carbocycles. The predicted octanol–water partition coefficient (Wildman–Crippen LogP) is 5.27. The molecule has 0 N–H and O–H groups in total. The van der Waals surface area contributed by atoms with Crippen LogP contribution in [0.2, 0.25) is 5.02 Å². The first kappa shape index (κ1) is 13.1. The molecule has 0 heterocycles. The van der Waals surface area contributed by atoms with E-state index >= 15 is 0 Å². The molecule has 0 saturated carbocycles. The van der Waals surface area contributed by atoms with Gasteiger partial charge in [0.05, 0.1) is 5.02 Å². The van der Waals surface area contributed by atoms with Crippen LogP contribution < -0.4 is 0 Å². The summed E-state index contributed by atoms with van der Waals surface area (Å²) in [6.45, 7) is 4.07. The maximum atomic E-state index is 14.2. The largest absolute Gasteiger partial charge is 0.205 e. The summed E-state index contributed by atoms with van der Waals surface area (Å²) in [6, 6.07) is 11.6. The SMILES string of the molecule is CCc1ccc(-c2ccc(CC)c(Cl)c2F)cc1. The van der Waals surface area contributed by atoms with Gasteiger partial charge in [-0.05, 0) is 29.5 Å². The number of hydrogen-bond donors (Lipinski definition) is 0. The van der Waals surface area contributed by atoms with Crippen LogP contribution in [0.4, 0.5) is 4.39 Å². The number of hydrogen-bond acceptors (Lipinski definition) is 0. The van der Waals surface area contributed by atoms with Crippen LogP contribution in [0.1, 0.15) is 25.0 Å². The Kier molecular flexibility index (Phi) is 4.03. The van der Waals surface area contributed by atoms with E-state index in [1.54, 1.807) is 6.07 Å². The van der Waals surface area contributed by atoms with Gasteiger partial charge in [-0.2, -0.15) is 0 Å². The number of rotatable bonds is 3. The molecule has 94 valence electrons. The molecule has 0 saturated heterocycles. The number of benzene rings is 2. The van der Waals surface area contributed by atoms with E-state index in [1.165, 1.54) is 5.56 Å². The Morgan fingerprint density at radius 3 is 2.17 bits per heavy atom. The standard InChI is InChI=1S/C16H16ClF/c1-3-11-5-7-13(8-6-11)14-10-9-12(4-2)15(17)16(14)18/h5-10H,3-4H2,1-2H3. The van der Waals surface area contributed by atoms with Gasteiger partial charge in [0, 0.05) is 5.56 Å². The smallest absolute Gasteiger partial charge is 0.149 e. The number of aryl methyl sites for hydroxylation is 2. The van der Waals surface area contributed by atoms with Gasteiger partial charge in [0.2, 0.25) is 0 Å². The molecule has 0 aliphatic rings. The average molecular weight is 263 g/mol. The maximum Gasteiger partial charge on any atom is 0.149 e. The van der Waals surface area contributed by atoms with Crippen molar-refractivity contribution in [3.05, 3.63) is 58.4 Å². The van der Waals surface area contributed by atoms with E-state index in [9.17, 15) is 4.39 Å². The van der Waals surface area contributed by atoms with Gasteiger partial charge in [-0.25, -0.2) is 4.39 Å². The highest BCUT2D eigenvalue weighted by Crippen LogP contribution is 2.30. The summed E-state index contributed by atoms with van der Waals surface area (Å²) in [7, 11) is 0. The third kappa shape index (κ3) is 2.41. The van der Waals surface area contributed by atoms with E-state index in [0.717, 1.165) is 24.0 Å². The summed E-state index contributed by atoms with van der Waals surface area (Å²) in [6.07, 6.45) is 1.73. The van der Waals surface area contributed by atoms with Crippen molar-refractivity contribution < 1.29 is 4.39 Å². The minimum Gasteiger partial charge on any atom is -0.205 e. The summed E-state index contributed by atoms with van der Waals surface area (Å²) < 4.78 is 14.2. The fourth-order valence-corrected chi connectivity index (χ4v) is 2.30. The normalized spacial score (nSPS) is 10.7. The van der Waals surface area contributed by atoms with Gasteiger partial charge >= 0.3 is 0 Å². The van der Waals surface area contributed by atoms with E-state index in [-0.39, 0.29) is 10.8 Å². The molecule has 18 heavy (non-hydrogen) atoms. The molecule has 0 aliphatic carbocycles. The Balaban J connectivity index is 2.47. The first-order chi connectivity index (χ1) is 8.67. The highest BCUT2D eigenvalue weighted by atomic mass is 35.5. The topological polar surface area (TPSA) is 0 Å². The van der Waals surface area contributed by atoms with E-state index in [2.05, 4.69) is 6.92 Å². The van der Waals surface area contributed by atoms with Gasteiger partial charge in [0.25, 0.3) is 0 Å². The summed E-state index contributed by atoms with van der Waals surface area (Å²) in [5.41, 5.74) is 3.53. The molecule has 0 unspecified atom stereocenters. The van der Waals surface area contributed by atoms with Crippen LogP contribution in [-0.2, 0) is 12.8 Å². The third-order valence-electron chi connectivity index (χ3n) is 3.22. The first-order valence-electron chi connectivity index (χ1n) is 6.23. The minimum absolute atomic E-state index is 0.245. The predicted molar refractivity (Wildman–Crippen MR) is 75.6 cm³/mol. The number of halogens is 2. The van der Waals surface area contributed by atoms with Crippen molar-refractivity contribution in [2.75, 3.05) is 0 Å². The average Bonchev–Trinajstić information content (AvgIpc) is 2.42. The van der Waals surface area contributed by atoms with Crippen molar-refractivity contribution in [1.29, 1.82) is 0 Å². The van der Waals surface area contributed by atoms with E-state index in [1.807, 2.05) is 37.3 Å². The van der Waals surface area contributed by atoms with E-state index < -0.39 is 0 Å². The van der Waals surface area contributed by atoms with Gasteiger partial charge in [-0.15, -0.1) is 0 Å². The first-order valence-corrected chi connectivity index (χ1v) is 6.61. The summed E-state index contributed by atoms with van der Waals surface area (Å²) in [5, 5.41) is 0.245. The monoisotopic (exact) mass is 262 g/mol. The molecule has 0 fully saturated rings. The van der Waals surface area contributed by atoms with Crippen LogP contribution in [-0.4, -0.2) is 0 Å². The quantitative estimate of drug-likeness (QED) is 0.707. The van der Waals surface area contributed by atoms with Crippen molar-refractivity contribution >= 4 is 11.6 Å². The molecular formula is C16H16ClF. The lowest BCUT2D eigenvalue weighted by molar-refractivity contribution is 0.629. The van der Waals surface area contributed by atoms with Crippen LogP contribution in [0.15, 0.2) is 36.4 Å². The van der Waals surface area contributed by atoms with Crippen molar-refractivity contribution in [1.82, 2.24) is 0 Å². The molecule has 0 atom stereocenters. The molecule has 0 spiro atoms. The van der Waals surface area contributed by atoms with Gasteiger partial charge in [-0.3, -0.25) is 0 Å². The molecule has 0 nitrogen and oxygen atoms in total. The zero-order valence-electron chi connectivity index (χ0n) is 10.6. The Bertz CT molecular complexity index is 544. The van der Waals surface area contributed by atoms with Crippen LogP contribution in [0.25, 0.3) is 11.1 Å². The van der Waals surface area contributed by atoms with Gasteiger partial charge in [0.15, 0.2) is 0 Å². The molecule has 0 radical (unpaired) electrons. The molecule has 2 aromatic rings. The van der Waals surface area contributed by atoms with Gasteiger partial charge < -0.3 is 0 Å². The Morgan fingerprint density at radius 1 is 0.944 bits per heavy atom. The van der Waals surface area contributed by atoms with Crippen molar-refractivity contribution in [3.8, 4) is 11.1 Å². The molecule has 0 aromatic heterocycles. The zero-order chi connectivity index (χ0) is 13.1. The molecule has 0 aliphatic heterocycles. The second kappa shape index (κ2) is 5.53. The van der Waals surface area contributed by atoms with Crippen molar-refractivity contribution in [2.45, 2.75) is 26.7 Å². The fraction of sp³-hybridized carbons (Fsp3) is 0.250. The minimum atomic E-state index is -0.319. The van der Waals surface area contributed by atoms with E-state index in [0.29, 0.717) is 5.56 Å². The van der Waals surface area contributed by atoms with Crippen LogP contribution in [0.3, 0.4) is 0 Å². The summed E-state index contributed by atoms with van der Waals surface area (Å²) >= 11 is 6.03. The molecule has 0 bridgehead atoms. The highest BCUT2D eigenvalue weighted by Gasteiger charge is 2.11. The third-order valence-corrected chi connectivity index (χ3v) is 3.63. The lowest BCUT2D eigenvalue weighted by atomic mass is 10.0. The molecular weight excluding hydrogens is 247 g/mol. The van der Waals surface area contributed by atoms with E-state index in [4.69, 9.17) is 11.6 Å². The van der Waals surface area contributed by atoms with Gasteiger partial charge in [0.1, 0.15) is 5.82 Å². The Labute approximate surface area is 112 Å². The highest BCUT2D eigenvalue weighted by molar-refractivity contribution is 6.31. The van der Waals surface area contributed by atoms with Crippen molar-refractivity contribution in [3.63, 3.8) is 0 Å². The Morgan fingerprint density at radius 2 is 1.61 bits per heavy atom. The lowest BCUT2D eigenvalue weighted by Crippen LogP contribution is -1.91. The van der Waals surface area contributed by atoms with Crippen LogP contribution in [0, 0.1) is 5.82 Å². The molecule has 2 rings (SSSR count). The van der Waals surface area contributed by atoms with Crippen molar-refractivity contribution in [2.24, 2.45) is 0 Å². The second-order valence-electron chi connectivity index (χ2n) is 4.30. The fourth-order valence-electron chi connectivity index (χ4n) is 2.01. The summed E-state index contributed by atoms with van der Waals surface area (Å²) in [5.74, 6) is -0.319. The van der Waals surface area contributed by atoms with Gasteiger partial charge in [-0.1, -0.05) is 61.8 Å². The van der Waals surface area contributed by atoms with Crippen LogP contribution in [0.5, 0.6) is 0 Å². The molecule has 0 amide bonds. The maximum absolute atomic E-state index is 14.2. The second-order valence-corrected chi connectivity index (χ2v) is 4.68. The zero-order valence-corrected chi connectivity index (χ0v) is 11.4. The molecule has 2 heteroatoms. The lowest BCUT2D eigenvalue weighted by Gasteiger charge is -2.09. The Hall–Kier alpha value is -1.34.